The third-order valence-electron chi connectivity index (χ3n) is 3.45. The first-order chi connectivity index (χ1) is 11.4. The third kappa shape index (κ3) is 3.64. The Balaban J connectivity index is 2.53. The standard InChI is InChI=1S/C16H19BrN2O5/c1-4-23-11-7-9(6-10(17)14(11)20)13-12(15(21)24-5-2)8(3)18-16(22)19-13/h6-7,13,20H,4-5H2,1-3H3,(H2,18,19,22). The molecule has 1 aliphatic heterocycles. The molecule has 1 atom stereocenters. The summed E-state index contributed by atoms with van der Waals surface area (Å²) in [6.45, 7) is 5.72. The molecule has 3 N–H and O–H groups in total. The Hall–Kier alpha value is -2.22. The van der Waals surface area contributed by atoms with Crippen molar-refractivity contribution in [2.45, 2.75) is 26.8 Å². The molecule has 1 aromatic rings. The number of phenols is 1. The first kappa shape index (κ1) is 18.1. The van der Waals surface area contributed by atoms with E-state index >= 15 is 0 Å². The van der Waals surface area contributed by atoms with E-state index in [9.17, 15) is 14.7 Å². The van der Waals surface area contributed by atoms with E-state index in [1.807, 2.05) is 0 Å². The smallest absolute Gasteiger partial charge is 0.338 e. The van der Waals surface area contributed by atoms with Gasteiger partial charge in [0, 0.05) is 5.70 Å². The highest BCUT2D eigenvalue weighted by Gasteiger charge is 2.33. The summed E-state index contributed by atoms with van der Waals surface area (Å²) in [4.78, 5) is 24.1. The van der Waals surface area contributed by atoms with E-state index in [4.69, 9.17) is 9.47 Å². The maximum Gasteiger partial charge on any atom is 0.338 e. The van der Waals surface area contributed by atoms with E-state index in [2.05, 4.69) is 26.6 Å². The normalized spacial score (nSPS) is 17.2. The molecule has 0 fully saturated rings. The number of nitrogens with one attached hydrogen (secondary N) is 2. The molecular weight excluding hydrogens is 380 g/mol. The number of aromatic hydroxyl groups is 1. The average Bonchev–Trinajstić information content (AvgIpc) is 2.51. The molecule has 2 amide bonds. The molecule has 1 aliphatic rings. The second-order valence-electron chi connectivity index (χ2n) is 5.07. The van der Waals surface area contributed by atoms with Gasteiger partial charge in [-0.3, -0.25) is 0 Å². The second kappa shape index (κ2) is 7.57. The summed E-state index contributed by atoms with van der Waals surface area (Å²) in [6, 6.07) is 2.08. The lowest BCUT2D eigenvalue weighted by atomic mass is 9.95. The molecule has 24 heavy (non-hydrogen) atoms. The van der Waals surface area contributed by atoms with Crippen LogP contribution in [0.3, 0.4) is 0 Å². The first-order valence-electron chi connectivity index (χ1n) is 7.49. The number of halogens is 1. The molecule has 130 valence electrons. The highest BCUT2D eigenvalue weighted by atomic mass is 79.9. The van der Waals surface area contributed by atoms with E-state index in [1.54, 1.807) is 32.9 Å². The average molecular weight is 399 g/mol. The zero-order valence-electron chi connectivity index (χ0n) is 13.6. The molecule has 0 radical (unpaired) electrons. The number of esters is 1. The highest BCUT2D eigenvalue weighted by molar-refractivity contribution is 9.10. The largest absolute Gasteiger partial charge is 0.503 e. The summed E-state index contributed by atoms with van der Waals surface area (Å²) >= 11 is 3.26. The van der Waals surface area contributed by atoms with Gasteiger partial charge in [-0.15, -0.1) is 0 Å². The van der Waals surface area contributed by atoms with Crippen molar-refractivity contribution in [1.29, 1.82) is 0 Å². The fraction of sp³-hybridized carbons (Fsp3) is 0.375. The Labute approximate surface area is 148 Å². The Morgan fingerprint density at radius 3 is 2.67 bits per heavy atom. The second-order valence-corrected chi connectivity index (χ2v) is 5.93. The fourth-order valence-electron chi connectivity index (χ4n) is 2.45. The number of phenolic OH excluding ortho intramolecular Hbond substituents is 1. The lowest BCUT2D eigenvalue weighted by molar-refractivity contribution is -0.139. The van der Waals surface area contributed by atoms with Crippen molar-refractivity contribution in [3.63, 3.8) is 0 Å². The summed E-state index contributed by atoms with van der Waals surface area (Å²) < 4.78 is 10.9. The van der Waals surface area contributed by atoms with Crippen LogP contribution in [0, 0.1) is 0 Å². The van der Waals surface area contributed by atoms with Crippen LogP contribution in [-0.2, 0) is 9.53 Å². The molecule has 0 saturated heterocycles. The SMILES string of the molecule is CCOC(=O)C1=C(C)NC(=O)NC1c1cc(Br)c(O)c(OCC)c1. The quantitative estimate of drug-likeness (QED) is 0.662. The Bertz CT molecular complexity index is 702. The van der Waals surface area contributed by atoms with E-state index < -0.39 is 18.0 Å². The number of hydrogen-bond acceptors (Lipinski definition) is 5. The van der Waals surface area contributed by atoms with E-state index in [1.165, 1.54) is 0 Å². The Kier molecular flexibility index (Phi) is 5.71. The van der Waals surface area contributed by atoms with Crippen LogP contribution in [0.2, 0.25) is 0 Å². The number of allylic oxidation sites excluding steroid dienone is 1. The molecule has 0 saturated carbocycles. The van der Waals surface area contributed by atoms with Gasteiger partial charge in [-0.05, 0) is 54.4 Å². The highest BCUT2D eigenvalue weighted by Crippen LogP contribution is 2.39. The van der Waals surface area contributed by atoms with Gasteiger partial charge in [0.25, 0.3) is 0 Å². The summed E-state index contributed by atoms with van der Waals surface area (Å²) in [7, 11) is 0. The molecule has 0 spiro atoms. The van der Waals surface area contributed by atoms with Gasteiger partial charge in [-0.2, -0.15) is 0 Å². The fourth-order valence-corrected chi connectivity index (χ4v) is 2.91. The molecular formula is C16H19BrN2O5. The van der Waals surface area contributed by atoms with Crippen LogP contribution < -0.4 is 15.4 Å². The van der Waals surface area contributed by atoms with Gasteiger partial charge in [-0.1, -0.05) is 0 Å². The number of carbonyl (C=O) groups excluding carboxylic acids is 2. The summed E-state index contributed by atoms with van der Waals surface area (Å²) in [6.07, 6.45) is 0. The predicted octanol–water partition coefficient (Wildman–Crippen LogP) is 2.74. The zero-order chi connectivity index (χ0) is 17.9. The number of benzene rings is 1. The number of ether oxygens (including phenoxy) is 2. The van der Waals surface area contributed by atoms with Crippen LogP contribution in [-0.4, -0.2) is 30.3 Å². The van der Waals surface area contributed by atoms with E-state index in [0.717, 1.165) is 0 Å². The van der Waals surface area contributed by atoms with Crippen LogP contribution in [0.25, 0.3) is 0 Å². The van der Waals surface area contributed by atoms with Gasteiger partial charge in [-0.25, -0.2) is 9.59 Å². The van der Waals surface area contributed by atoms with Crippen molar-refractivity contribution >= 4 is 27.9 Å². The molecule has 7 nitrogen and oxygen atoms in total. The minimum absolute atomic E-state index is 0.0424. The van der Waals surface area contributed by atoms with Gasteiger partial charge in [0.1, 0.15) is 0 Å². The molecule has 2 rings (SSSR count). The van der Waals surface area contributed by atoms with Crippen LogP contribution in [0.15, 0.2) is 27.9 Å². The van der Waals surface area contributed by atoms with Crippen molar-refractivity contribution in [3.05, 3.63) is 33.4 Å². The summed E-state index contributed by atoms with van der Waals surface area (Å²) in [5, 5.41) is 15.3. The molecule has 8 heteroatoms. The van der Waals surface area contributed by atoms with Crippen LogP contribution in [0.1, 0.15) is 32.4 Å². The van der Waals surface area contributed by atoms with Crippen LogP contribution in [0.4, 0.5) is 4.79 Å². The van der Waals surface area contributed by atoms with Gasteiger partial charge >= 0.3 is 12.0 Å². The maximum absolute atomic E-state index is 12.3. The van der Waals surface area contributed by atoms with Gasteiger partial charge in [0.05, 0.1) is 29.3 Å². The molecule has 0 bridgehead atoms. The van der Waals surface area contributed by atoms with Crippen molar-refractivity contribution in [2.75, 3.05) is 13.2 Å². The van der Waals surface area contributed by atoms with Gasteiger partial charge < -0.3 is 25.2 Å². The Morgan fingerprint density at radius 2 is 2.04 bits per heavy atom. The summed E-state index contributed by atoms with van der Waals surface area (Å²) in [5.41, 5.74) is 1.31. The molecule has 1 unspecified atom stereocenters. The van der Waals surface area contributed by atoms with Crippen molar-refractivity contribution in [3.8, 4) is 11.5 Å². The number of amides is 2. The number of urea groups is 1. The Morgan fingerprint density at radius 1 is 1.33 bits per heavy atom. The van der Waals surface area contributed by atoms with Crippen molar-refractivity contribution in [1.82, 2.24) is 10.6 Å². The topological polar surface area (TPSA) is 96.9 Å². The van der Waals surface area contributed by atoms with Crippen LogP contribution in [0.5, 0.6) is 11.5 Å². The first-order valence-corrected chi connectivity index (χ1v) is 8.28. The minimum Gasteiger partial charge on any atom is -0.503 e. The van der Waals surface area contributed by atoms with E-state index in [0.29, 0.717) is 27.9 Å². The summed E-state index contributed by atoms with van der Waals surface area (Å²) in [5.74, 6) is -0.301. The number of rotatable bonds is 5. The van der Waals surface area contributed by atoms with Crippen LogP contribution >= 0.6 is 15.9 Å². The van der Waals surface area contributed by atoms with Crippen molar-refractivity contribution < 1.29 is 24.2 Å². The van der Waals surface area contributed by atoms with Gasteiger partial charge in [0.15, 0.2) is 11.5 Å². The molecule has 0 aromatic heterocycles. The third-order valence-corrected chi connectivity index (χ3v) is 4.05. The monoisotopic (exact) mass is 398 g/mol. The maximum atomic E-state index is 12.3. The van der Waals surface area contributed by atoms with E-state index in [-0.39, 0.29) is 18.1 Å². The lowest BCUT2D eigenvalue weighted by Crippen LogP contribution is -2.45. The lowest BCUT2D eigenvalue weighted by Gasteiger charge is -2.28. The molecule has 1 heterocycles. The number of hydrogen-bond donors (Lipinski definition) is 3. The number of carbonyl (C=O) groups is 2. The minimum atomic E-state index is -0.714. The van der Waals surface area contributed by atoms with Crippen molar-refractivity contribution in [2.24, 2.45) is 0 Å². The zero-order valence-corrected chi connectivity index (χ0v) is 15.2. The molecule has 1 aromatic carbocycles. The molecule has 0 aliphatic carbocycles. The predicted molar refractivity (Wildman–Crippen MR) is 90.7 cm³/mol. The van der Waals surface area contributed by atoms with Gasteiger partial charge in [0.2, 0.25) is 0 Å².